The standard InChI is InChI=1S/C18H28N2O2/c1-5-22-15-12-18(19,17(15,3)4)16(21)20-10-9-14-8-6-7-13(2)11-14/h6-8,11,15H,5,9-10,12,19H2,1-4H3,(H,20,21). The molecule has 1 amide bonds. The largest absolute Gasteiger partial charge is 0.378 e. The average Bonchev–Trinajstić information content (AvgIpc) is 2.46. The predicted molar refractivity (Wildman–Crippen MR) is 88.6 cm³/mol. The van der Waals surface area contributed by atoms with Crippen molar-refractivity contribution in [2.24, 2.45) is 11.1 Å². The highest BCUT2D eigenvalue weighted by Crippen LogP contribution is 2.49. The summed E-state index contributed by atoms with van der Waals surface area (Å²) in [7, 11) is 0. The number of rotatable bonds is 6. The molecule has 0 heterocycles. The van der Waals surface area contributed by atoms with Crippen molar-refractivity contribution in [3.8, 4) is 0 Å². The molecule has 1 fully saturated rings. The molecule has 4 nitrogen and oxygen atoms in total. The summed E-state index contributed by atoms with van der Waals surface area (Å²) < 4.78 is 5.67. The van der Waals surface area contributed by atoms with Crippen molar-refractivity contribution < 1.29 is 9.53 Å². The molecule has 2 atom stereocenters. The smallest absolute Gasteiger partial charge is 0.240 e. The minimum absolute atomic E-state index is 0.0602. The van der Waals surface area contributed by atoms with Gasteiger partial charge in [-0.15, -0.1) is 0 Å². The maximum Gasteiger partial charge on any atom is 0.240 e. The third kappa shape index (κ3) is 3.03. The van der Waals surface area contributed by atoms with Gasteiger partial charge in [-0.25, -0.2) is 0 Å². The summed E-state index contributed by atoms with van der Waals surface area (Å²) in [6.45, 7) is 9.32. The zero-order chi connectivity index (χ0) is 16.4. The van der Waals surface area contributed by atoms with E-state index in [-0.39, 0.29) is 17.4 Å². The van der Waals surface area contributed by atoms with Crippen LogP contribution in [0.4, 0.5) is 0 Å². The Morgan fingerprint density at radius 2 is 2.18 bits per heavy atom. The van der Waals surface area contributed by atoms with Crippen LogP contribution in [0.5, 0.6) is 0 Å². The van der Waals surface area contributed by atoms with E-state index in [0.29, 0.717) is 19.6 Å². The molecule has 0 aromatic heterocycles. The highest BCUT2D eigenvalue weighted by atomic mass is 16.5. The van der Waals surface area contributed by atoms with E-state index in [1.165, 1.54) is 11.1 Å². The molecule has 1 aromatic carbocycles. The second kappa shape index (κ2) is 6.39. The molecule has 1 aliphatic rings. The molecular formula is C18H28N2O2. The molecule has 0 aliphatic heterocycles. The number of carbonyl (C=O) groups is 1. The summed E-state index contributed by atoms with van der Waals surface area (Å²) in [5, 5.41) is 2.99. The molecule has 2 rings (SSSR count). The van der Waals surface area contributed by atoms with Gasteiger partial charge in [-0.05, 0) is 25.8 Å². The Balaban J connectivity index is 1.87. The molecule has 0 radical (unpaired) electrons. The van der Waals surface area contributed by atoms with Crippen LogP contribution in [0.3, 0.4) is 0 Å². The normalized spacial score (nSPS) is 26.3. The lowest BCUT2D eigenvalue weighted by atomic mass is 9.54. The van der Waals surface area contributed by atoms with Crippen molar-refractivity contribution >= 4 is 5.91 Å². The van der Waals surface area contributed by atoms with E-state index in [4.69, 9.17) is 10.5 Å². The van der Waals surface area contributed by atoms with E-state index < -0.39 is 5.54 Å². The highest BCUT2D eigenvalue weighted by molar-refractivity contribution is 5.88. The van der Waals surface area contributed by atoms with Crippen LogP contribution in [0.1, 0.15) is 38.3 Å². The highest BCUT2D eigenvalue weighted by Gasteiger charge is 2.62. The van der Waals surface area contributed by atoms with Crippen LogP contribution in [0.15, 0.2) is 24.3 Å². The number of carbonyl (C=O) groups excluding carboxylic acids is 1. The molecule has 22 heavy (non-hydrogen) atoms. The number of nitrogens with one attached hydrogen (secondary N) is 1. The Morgan fingerprint density at radius 3 is 2.77 bits per heavy atom. The number of aryl methyl sites for hydroxylation is 1. The molecule has 0 bridgehead atoms. The Labute approximate surface area is 133 Å². The van der Waals surface area contributed by atoms with Gasteiger partial charge in [0.05, 0.1) is 6.10 Å². The second-order valence-corrected chi connectivity index (χ2v) is 6.84. The molecule has 0 spiro atoms. The van der Waals surface area contributed by atoms with E-state index in [1.54, 1.807) is 0 Å². The molecule has 122 valence electrons. The molecule has 2 unspecified atom stereocenters. The topological polar surface area (TPSA) is 64.3 Å². The third-order valence-corrected chi connectivity index (χ3v) is 5.02. The van der Waals surface area contributed by atoms with Crippen LogP contribution < -0.4 is 11.1 Å². The van der Waals surface area contributed by atoms with Crippen molar-refractivity contribution in [3.05, 3.63) is 35.4 Å². The lowest BCUT2D eigenvalue weighted by molar-refractivity contribution is -0.170. The first-order chi connectivity index (χ1) is 10.3. The third-order valence-electron chi connectivity index (χ3n) is 5.02. The predicted octanol–water partition coefficient (Wildman–Crippen LogP) is 2.19. The van der Waals surface area contributed by atoms with E-state index in [1.807, 2.05) is 26.8 Å². The summed E-state index contributed by atoms with van der Waals surface area (Å²) in [4.78, 5) is 12.5. The summed E-state index contributed by atoms with van der Waals surface area (Å²) in [6.07, 6.45) is 1.47. The molecule has 4 heteroatoms. The first-order valence-electron chi connectivity index (χ1n) is 8.05. The van der Waals surface area contributed by atoms with Gasteiger partial charge in [-0.2, -0.15) is 0 Å². The van der Waals surface area contributed by atoms with Crippen molar-refractivity contribution in [1.29, 1.82) is 0 Å². The van der Waals surface area contributed by atoms with Gasteiger partial charge in [0.1, 0.15) is 5.54 Å². The number of benzene rings is 1. The Kier molecular flexibility index (Phi) is 4.93. The van der Waals surface area contributed by atoms with Gasteiger partial charge in [0.25, 0.3) is 0 Å². The summed E-state index contributed by atoms with van der Waals surface area (Å²) >= 11 is 0. The van der Waals surface area contributed by atoms with E-state index >= 15 is 0 Å². The number of ether oxygens (including phenoxy) is 1. The minimum atomic E-state index is -0.834. The zero-order valence-electron chi connectivity index (χ0n) is 14.1. The van der Waals surface area contributed by atoms with Crippen molar-refractivity contribution in [1.82, 2.24) is 5.32 Å². The van der Waals surface area contributed by atoms with E-state index in [2.05, 4.69) is 30.4 Å². The lowest BCUT2D eigenvalue weighted by Gasteiger charge is -2.57. The van der Waals surface area contributed by atoms with Gasteiger partial charge in [0, 0.05) is 25.0 Å². The lowest BCUT2D eigenvalue weighted by Crippen LogP contribution is -2.75. The van der Waals surface area contributed by atoms with Gasteiger partial charge in [0.2, 0.25) is 5.91 Å². The molecule has 0 saturated heterocycles. The molecule has 1 aliphatic carbocycles. The molecule has 1 saturated carbocycles. The quantitative estimate of drug-likeness (QED) is 0.846. The second-order valence-electron chi connectivity index (χ2n) is 6.84. The van der Waals surface area contributed by atoms with Gasteiger partial charge < -0.3 is 15.8 Å². The maximum absolute atomic E-state index is 12.5. The number of hydrogen-bond donors (Lipinski definition) is 2. The molecular weight excluding hydrogens is 276 g/mol. The van der Waals surface area contributed by atoms with Crippen LogP contribution in [-0.2, 0) is 16.0 Å². The van der Waals surface area contributed by atoms with E-state index in [9.17, 15) is 4.79 Å². The maximum atomic E-state index is 12.5. The van der Waals surface area contributed by atoms with Gasteiger partial charge in [-0.3, -0.25) is 4.79 Å². The monoisotopic (exact) mass is 304 g/mol. The van der Waals surface area contributed by atoms with Crippen LogP contribution in [0.2, 0.25) is 0 Å². The fraction of sp³-hybridized carbons (Fsp3) is 0.611. The number of hydrogen-bond acceptors (Lipinski definition) is 3. The number of nitrogens with two attached hydrogens (primary N) is 1. The Morgan fingerprint density at radius 1 is 1.45 bits per heavy atom. The van der Waals surface area contributed by atoms with Crippen LogP contribution in [0, 0.1) is 12.3 Å². The van der Waals surface area contributed by atoms with Crippen molar-refractivity contribution in [2.75, 3.05) is 13.2 Å². The Hall–Kier alpha value is -1.39. The minimum Gasteiger partial charge on any atom is -0.378 e. The van der Waals surface area contributed by atoms with Gasteiger partial charge in [-0.1, -0.05) is 43.7 Å². The van der Waals surface area contributed by atoms with Gasteiger partial charge >= 0.3 is 0 Å². The van der Waals surface area contributed by atoms with Crippen LogP contribution in [0.25, 0.3) is 0 Å². The zero-order valence-corrected chi connectivity index (χ0v) is 14.1. The first kappa shape index (κ1) is 17.0. The summed E-state index contributed by atoms with van der Waals surface area (Å²) in [5.41, 5.74) is 7.65. The SMILES string of the molecule is CCOC1CC(N)(C(=O)NCCc2cccc(C)c2)C1(C)C. The van der Waals surface area contributed by atoms with Crippen molar-refractivity contribution in [2.45, 2.75) is 52.2 Å². The van der Waals surface area contributed by atoms with E-state index in [0.717, 1.165) is 6.42 Å². The van der Waals surface area contributed by atoms with Crippen LogP contribution in [-0.4, -0.2) is 30.7 Å². The molecule has 3 N–H and O–H groups in total. The Bertz CT molecular complexity index is 542. The van der Waals surface area contributed by atoms with Gasteiger partial charge in [0.15, 0.2) is 0 Å². The summed E-state index contributed by atoms with van der Waals surface area (Å²) in [6, 6.07) is 8.33. The van der Waals surface area contributed by atoms with Crippen molar-refractivity contribution in [3.63, 3.8) is 0 Å². The fourth-order valence-corrected chi connectivity index (χ4v) is 3.17. The van der Waals surface area contributed by atoms with Crippen LogP contribution >= 0.6 is 0 Å². The first-order valence-corrected chi connectivity index (χ1v) is 8.05. The summed E-state index contributed by atoms with van der Waals surface area (Å²) in [5.74, 6) is -0.0684. The molecule has 1 aromatic rings. The fourth-order valence-electron chi connectivity index (χ4n) is 3.17. The average molecular weight is 304 g/mol. The number of amides is 1.